The fourth-order valence-corrected chi connectivity index (χ4v) is 5.13. The quantitative estimate of drug-likeness (QED) is 0.829. The minimum absolute atomic E-state index is 0.0332. The number of hydrogen-bond donors (Lipinski definition) is 2. The van der Waals surface area contributed by atoms with Gasteiger partial charge in [-0.1, -0.05) is 27.2 Å². The molecule has 3 unspecified atom stereocenters. The van der Waals surface area contributed by atoms with Gasteiger partial charge in [-0.3, -0.25) is 4.79 Å². The normalized spacial score (nSPS) is 40.0. The van der Waals surface area contributed by atoms with Crippen LogP contribution in [0.2, 0.25) is 0 Å². The van der Waals surface area contributed by atoms with Crippen LogP contribution in [-0.4, -0.2) is 46.8 Å². The summed E-state index contributed by atoms with van der Waals surface area (Å²) >= 11 is 0. The third-order valence-electron chi connectivity index (χ3n) is 7.73. The molecule has 3 atom stereocenters. The van der Waals surface area contributed by atoms with Gasteiger partial charge in [-0.25, -0.2) is 0 Å². The second-order valence-corrected chi connectivity index (χ2v) is 9.32. The summed E-state index contributed by atoms with van der Waals surface area (Å²) in [6.45, 7) is 8.20. The van der Waals surface area contributed by atoms with E-state index >= 15 is 0 Å². The molecule has 1 heterocycles. The van der Waals surface area contributed by atoms with Crippen molar-refractivity contribution in [2.45, 2.75) is 71.8 Å². The van der Waals surface area contributed by atoms with E-state index in [-0.39, 0.29) is 29.8 Å². The van der Waals surface area contributed by atoms with E-state index in [0.29, 0.717) is 24.9 Å². The number of amides is 1. The summed E-state index contributed by atoms with van der Waals surface area (Å²) in [6.07, 6.45) is 7.38. The molecule has 4 heteroatoms. The molecule has 0 bridgehead atoms. The maximum absolute atomic E-state index is 12.9. The summed E-state index contributed by atoms with van der Waals surface area (Å²) in [5, 5.41) is 19.3. The van der Waals surface area contributed by atoms with Crippen LogP contribution in [0.5, 0.6) is 0 Å². The van der Waals surface area contributed by atoms with E-state index in [1.54, 1.807) is 0 Å². The second kappa shape index (κ2) is 6.60. The predicted octanol–water partition coefficient (Wildman–Crippen LogP) is 2.82. The van der Waals surface area contributed by atoms with E-state index in [2.05, 4.69) is 20.8 Å². The highest BCUT2D eigenvalue weighted by atomic mass is 16.3. The lowest BCUT2D eigenvalue weighted by Gasteiger charge is -2.40. The largest absolute Gasteiger partial charge is 0.396 e. The summed E-state index contributed by atoms with van der Waals surface area (Å²) in [7, 11) is 0. The molecule has 24 heavy (non-hydrogen) atoms. The Morgan fingerprint density at radius 3 is 2.50 bits per heavy atom. The summed E-state index contributed by atoms with van der Waals surface area (Å²) in [5.74, 6) is 1.12. The van der Waals surface area contributed by atoms with Crippen LogP contribution in [-0.2, 0) is 4.79 Å². The predicted molar refractivity (Wildman–Crippen MR) is 94.3 cm³/mol. The average molecular weight is 338 g/mol. The summed E-state index contributed by atoms with van der Waals surface area (Å²) < 4.78 is 0. The summed E-state index contributed by atoms with van der Waals surface area (Å²) in [6, 6.07) is 0. The van der Waals surface area contributed by atoms with E-state index < -0.39 is 6.10 Å². The Morgan fingerprint density at radius 1 is 1.25 bits per heavy atom. The van der Waals surface area contributed by atoms with Gasteiger partial charge in [0.15, 0.2) is 0 Å². The van der Waals surface area contributed by atoms with Crippen LogP contribution in [0.25, 0.3) is 0 Å². The van der Waals surface area contributed by atoms with Crippen LogP contribution in [0.1, 0.15) is 65.7 Å². The molecule has 2 N–H and O–H groups in total. The Bertz CT molecular complexity index is 468. The maximum atomic E-state index is 12.9. The first kappa shape index (κ1) is 18.2. The zero-order chi connectivity index (χ0) is 17.5. The molecule has 0 aromatic carbocycles. The van der Waals surface area contributed by atoms with Crippen LogP contribution >= 0.6 is 0 Å². The Labute approximate surface area is 146 Å². The molecule has 138 valence electrons. The number of piperidine rings is 1. The van der Waals surface area contributed by atoms with Crippen LogP contribution in [0.4, 0.5) is 0 Å². The Morgan fingerprint density at radius 2 is 1.92 bits per heavy atom. The van der Waals surface area contributed by atoms with Crippen LogP contribution in [0, 0.1) is 28.6 Å². The molecule has 2 saturated carbocycles. The third kappa shape index (κ3) is 3.24. The van der Waals surface area contributed by atoms with Crippen molar-refractivity contribution in [3.8, 4) is 0 Å². The lowest BCUT2D eigenvalue weighted by atomic mass is 9.66. The molecule has 1 spiro atoms. The maximum Gasteiger partial charge on any atom is 0.226 e. The number of likely N-dealkylation sites (tertiary alicyclic amines) is 1. The molecular weight excluding hydrogens is 302 g/mol. The minimum Gasteiger partial charge on any atom is -0.396 e. The minimum atomic E-state index is -0.459. The lowest BCUT2D eigenvalue weighted by molar-refractivity contribution is -0.138. The first-order chi connectivity index (χ1) is 11.3. The number of rotatable bonds is 4. The number of hydrogen-bond acceptors (Lipinski definition) is 3. The molecule has 0 radical (unpaired) electrons. The van der Waals surface area contributed by atoms with Gasteiger partial charge in [0, 0.05) is 24.9 Å². The molecule has 3 aliphatic rings. The van der Waals surface area contributed by atoms with Crippen LogP contribution < -0.4 is 0 Å². The number of carbonyl (C=O) groups excluding carboxylic acids is 1. The Balaban J connectivity index is 1.55. The molecule has 1 amide bonds. The number of aliphatic hydroxyl groups is 2. The standard InChI is InChI=1S/C20H35NO3/c1-4-19(2,3)15-5-8-20(9-6-15)11-16(20)18(24)21-10-7-17(23)14(12-21)13-22/h14-17,22-23H,4-13H2,1-3H3. The van der Waals surface area contributed by atoms with Gasteiger partial charge < -0.3 is 15.1 Å². The molecule has 4 nitrogen and oxygen atoms in total. The Hall–Kier alpha value is -0.610. The van der Waals surface area contributed by atoms with Crippen LogP contribution in [0.15, 0.2) is 0 Å². The van der Waals surface area contributed by atoms with E-state index in [1.165, 1.54) is 32.1 Å². The second-order valence-electron chi connectivity index (χ2n) is 9.32. The smallest absolute Gasteiger partial charge is 0.226 e. The van der Waals surface area contributed by atoms with Gasteiger partial charge >= 0.3 is 0 Å². The zero-order valence-electron chi connectivity index (χ0n) is 15.6. The fraction of sp³-hybridized carbons (Fsp3) is 0.950. The van der Waals surface area contributed by atoms with Crippen molar-refractivity contribution in [1.29, 1.82) is 0 Å². The molecule has 3 fully saturated rings. The molecule has 0 aromatic heterocycles. The highest BCUT2D eigenvalue weighted by Crippen LogP contribution is 2.64. The van der Waals surface area contributed by atoms with Gasteiger partial charge in [0.1, 0.15) is 0 Å². The first-order valence-electron chi connectivity index (χ1n) is 9.90. The first-order valence-corrected chi connectivity index (χ1v) is 9.90. The molecule has 0 aromatic rings. The highest BCUT2D eigenvalue weighted by molar-refractivity contribution is 5.83. The van der Waals surface area contributed by atoms with Gasteiger partial charge in [0.05, 0.1) is 12.7 Å². The van der Waals surface area contributed by atoms with Gasteiger partial charge in [0.2, 0.25) is 5.91 Å². The SMILES string of the molecule is CCC(C)(C)C1CCC2(CC1)CC2C(=O)N1CCC(O)C(CO)C1. The number of nitrogens with zero attached hydrogens (tertiary/aromatic N) is 1. The molecule has 3 rings (SSSR count). The van der Waals surface area contributed by atoms with E-state index in [4.69, 9.17) is 0 Å². The third-order valence-corrected chi connectivity index (χ3v) is 7.73. The monoisotopic (exact) mass is 337 g/mol. The van der Waals surface area contributed by atoms with Crippen molar-refractivity contribution < 1.29 is 15.0 Å². The highest BCUT2D eigenvalue weighted by Gasteiger charge is 2.60. The van der Waals surface area contributed by atoms with Crippen molar-refractivity contribution in [3.63, 3.8) is 0 Å². The molecule has 2 aliphatic carbocycles. The fourth-order valence-electron chi connectivity index (χ4n) is 5.13. The van der Waals surface area contributed by atoms with Crippen molar-refractivity contribution in [3.05, 3.63) is 0 Å². The van der Waals surface area contributed by atoms with Gasteiger partial charge in [0.25, 0.3) is 0 Å². The molecule has 1 aliphatic heterocycles. The van der Waals surface area contributed by atoms with Crippen LogP contribution in [0.3, 0.4) is 0 Å². The van der Waals surface area contributed by atoms with Crippen molar-refractivity contribution in [2.24, 2.45) is 28.6 Å². The van der Waals surface area contributed by atoms with E-state index in [9.17, 15) is 15.0 Å². The molecular formula is C20H35NO3. The number of carbonyl (C=O) groups is 1. The van der Waals surface area contributed by atoms with Crippen molar-refractivity contribution in [2.75, 3.05) is 19.7 Å². The lowest BCUT2D eigenvalue weighted by Crippen LogP contribution is -2.48. The van der Waals surface area contributed by atoms with Crippen molar-refractivity contribution in [1.82, 2.24) is 4.90 Å². The average Bonchev–Trinajstić information content (AvgIpc) is 3.28. The van der Waals surface area contributed by atoms with Gasteiger partial charge in [-0.15, -0.1) is 0 Å². The zero-order valence-corrected chi connectivity index (χ0v) is 15.6. The van der Waals surface area contributed by atoms with Gasteiger partial charge in [-0.05, 0) is 55.3 Å². The van der Waals surface area contributed by atoms with E-state index in [1.807, 2.05) is 4.90 Å². The number of aliphatic hydroxyl groups excluding tert-OH is 2. The Kier molecular flexibility index (Phi) is 5.00. The van der Waals surface area contributed by atoms with E-state index in [0.717, 1.165) is 12.3 Å². The van der Waals surface area contributed by atoms with Crippen molar-refractivity contribution >= 4 is 5.91 Å². The summed E-state index contributed by atoms with van der Waals surface area (Å²) in [5.41, 5.74) is 0.704. The topological polar surface area (TPSA) is 60.8 Å². The molecule has 1 saturated heterocycles. The summed E-state index contributed by atoms with van der Waals surface area (Å²) in [4.78, 5) is 14.8. The van der Waals surface area contributed by atoms with Gasteiger partial charge in [-0.2, -0.15) is 0 Å².